The summed E-state index contributed by atoms with van der Waals surface area (Å²) < 4.78 is 11.6. The largest absolute Gasteiger partial charge is 0.494 e. The lowest BCUT2D eigenvalue weighted by atomic mass is 10.1. The van der Waals surface area contributed by atoms with Crippen LogP contribution in [0.5, 0.6) is 5.75 Å². The minimum atomic E-state index is -0.603. The first-order valence-corrected chi connectivity index (χ1v) is 10.5. The number of esters is 1. The molecule has 1 saturated heterocycles. The van der Waals surface area contributed by atoms with E-state index in [-0.39, 0.29) is 18.9 Å². The van der Waals surface area contributed by atoms with Crippen LogP contribution >= 0.6 is 15.9 Å². The van der Waals surface area contributed by atoms with Gasteiger partial charge in [0.1, 0.15) is 5.75 Å². The van der Waals surface area contributed by atoms with Crippen LogP contribution in [0.2, 0.25) is 0 Å². The number of hydrogen-bond acceptors (Lipinski definition) is 5. The predicted octanol–water partition coefficient (Wildman–Crippen LogP) is 3.77. The number of ether oxygens (including phenoxy) is 2. The Morgan fingerprint density at radius 3 is 2.50 bits per heavy atom. The average Bonchev–Trinajstić information content (AvgIpc) is 3.14. The van der Waals surface area contributed by atoms with Crippen molar-refractivity contribution in [1.82, 2.24) is 0 Å². The first-order valence-electron chi connectivity index (χ1n) is 9.71. The van der Waals surface area contributed by atoms with Crippen molar-refractivity contribution in [1.29, 1.82) is 0 Å². The van der Waals surface area contributed by atoms with E-state index >= 15 is 0 Å². The first kappa shape index (κ1) is 21.8. The van der Waals surface area contributed by atoms with Crippen molar-refractivity contribution in [3.8, 4) is 5.75 Å². The molecule has 7 nitrogen and oxygen atoms in total. The third kappa shape index (κ3) is 5.82. The van der Waals surface area contributed by atoms with Gasteiger partial charge < -0.3 is 19.7 Å². The van der Waals surface area contributed by atoms with Crippen LogP contribution < -0.4 is 15.0 Å². The molecule has 0 radical (unpaired) electrons. The molecule has 1 aliphatic rings. The minimum Gasteiger partial charge on any atom is -0.494 e. The lowest BCUT2D eigenvalue weighted by Gasteiger charge is -2.17. The number of amides is 2. The number of nitrogens with one attached hydrogen (secondary N) is 1. The van der Waals surface area contributed by atoms with Crippen molar-refractivity contribution >= 4 is 45.1 Å². The Balaban J connectivity index is 1.49. The summed E-state index contributed by atoms with van der Waals surface area (Å²) in [5.74, 6) is -1.01. The van der Waals surface area contributed by atoms with Gasteiger partial charge in [-0.1, -0.05) is 22.9 Å². The molecule has 30 heavy (non-hydrogen) atoms. The molecule has 2 aromatic rings. The van der Waals surface area contributed by atoms with Crippen LogP contribution in [0.25, 0.3) is 0 Å². The zero-order valence-electron chi connectivity index (χ0n) is 16.6. The Morgan fingerprint density at radius 1 is 1.13 bits per heavy atom. The van der Waals surface area contributed by atoms with E-state index < -0.39 is 24.4 Å². The van der Waals surface area contributed by atoms with Crippen LogP contribution in [-0.4, -0.2) is 37.5 Å². The summed E-state index contributed by atoms with van der Waals surface area (Å²) >= 11 is 3.32. The first-order chi connectivity index (χ1) is 14.5. The molecule has 3 rings (SSSR count). The summed E-state index contributed by atoms with van der Waals surface area (Å²) in [5.41, 5.74) is 1.31. The highest BCUT2D eigenvalue weighted by atomic mass is 79.9. The van der Waals surface area contributed by atoms with Gasteiger partial charge in [0, 0.05) is 28.8 Å². The maximum Gasteiger partial charge on any atom is 0.311 e. The molecule has 0 aromatic heterocycles. The molecule has 2 aromatic carbocycles. The number of carbonyl (C=O) groups excluding carboxylic acids is 3. The Morgan fingerprint density at radius 2 is 1.83 bits per heavy atom. The Kier molecular flexibility index (Phi) is 7.46. The molecule has 158 valence electrons. The van der Waals surface area contributed by atoms with E-state index in [1.807, 2.05) is 6.92 Å². The fourth-order valence-corrected chi connectivity index (χ4v) is 3.31. The molecule has 2 amide bonds. The Bertz CT molecular complexity index is 899. The number of rotatable bonds is 8. The summed E-state index contributed by atoms with van der Waals surface area (Å²) in [6.45, 7) is 2.48. The molecule has 1 atom stereocenters. The minimum absolute atomic E-state index is 0.0568. The van der Waals surface area contributed by atoms with Gasteiger partial charge in [-0.2, -0.15) is 0 Å². The van der Waals surface area contributed by atoms with E-state index in [1.54, 1.807) is 53.4 Å². The molecule has 1 N–H and O–H groups in total. The van der Waals surface area contributed by atoms with Gasteiger partial charge in [0.2, 0.25) is 5.91 Å². The van der Waals surface area contributed by atoms with E-state index in [2.05, 4.69) is 21.2 Å². The molecule has 0 aliphatic carbocycles. The molecule has 8 heteroatoms. The maximum absolute atomic E-state index is 12.4. The highest BCUT2D eigenvalue weighted by molar-refractivity contribution is 9.10. The lowest BCUT2D eigenvalue weighted by molar-refractivity contribution is -0.151. The van der Waals surface area contributed by atoms with E-state index in [1.165, 1.54) is 0 Å². The molecular weight excluding hydrogens is 452 g/mol. The fourth-order valence-electron chi connectivity index (χ4n) is 3.04. The summed E-state index contributed by atoms with van der Waals surface area (Å²) in [6, 6.07) is 14.2. The van der Waals surface area contributed by atoms with Crippen LogP contribution in [-0.2, 0) is 19.1 Å². The second kappa shape index (κ2) is 10.2. The van der Waals surface area contributed by atoms with Crippen LogP contribution in [0.1, 0.15) is 19.8 Å². The molecule has 0 spiro atoms. The number of benzene rings is 2. The SMILES string of the molecule is CCCOc1ccc(N2CC(C(=O)OCC(=O)Nc3ccc(Br)cc3)CC2=O)cc1. The smallest absolute Gasteiger partial charge is 0.311 e. The third-order valence-corrected chi connectivity index (χ3v) is 5.08. The van der Waals surface area contributed by atoms with E-state index in [0.717, 1.165) is 16.6 Å². The van der Waals surface area contributed by atoms with Crippen LogP contribution in [0.15, 0.2) is 53.0 Å². The van der Waals surface area contributed by atoms with Crippen molar-refractivity contribution in [3.63, 3.8) is 0 Å². The van der Waals surface area contributed by atoms with E-state index in [4.69, 9.17) is 9.47 Å². The summed E-state index contributed by atoms with van der Waals surface area (Å²) in [5, 5.41) is 2.65. The number of halogens is 1. The summed E-state index contributed by atoms with van der Waals surface area (Å²) in [6.07, 6.45) is 0.971. The maximum atomic E-state index is 12.4. The molecule has 1 heterocycles. The van der Waals surface area contributed by atoms with Gasteiger partial charge in [-0.15, -0.1) is 0 Å². The highest BCUT2D eigenvalue weighted by Gasteiger charge is 2.36. The zero-order valence-corrected chi connectivity index (χ0v) is 18.2. The van der Waals surface area contributed by atoms with Gasteiger partial charge in [0.05, 0.1) is 12.5 Å². The van der Waals surface area contributed by atoms with Crippen molar-refractivity contribution in [2.24, 2.45) is 5.92 Å². The summed E-state index contributed by atoms with van der Waals surface area (Å²) in [7, 11) is 0. The topological polar surface area (TPSA) is 84.9 Å². The van der Waals surface area contributed by atoms with Gasteiger partial charge >= 0.3 is 5.97 Å². The number of hydrogen-bond donors (Lipinski definition) is 1. The van der Waals surface area contributed by atoms with Crippen molar-refractivity contribution < 1.29 is 23.9 Å². The second-order valence-corrected chi connectivity index (χ2v) is 7.83. The quantitative estimate of drug-likeness (QED) is 0.588. The molecular formula is C22H23BrN2O5. The Hall–Kier alpha value is -2.87. The van der Waals surface area contributed by atoms with Crippen molar-refractivity contribution in [2.75, 3.05) is 30.0 Å². The zero-order chi connectivity index (χ0) is 21.5. The van der Waals surface area contributed by atoms with Gasteiger partial charge in [0.25, 0.3) is 5.91 Å². The molecule has 0 saturated carbocycles. The highest BCUT2D eigenvalue weighted by Crippen LogP contribution is 2.27. The normalized spacial score (nSPS) is 15.7. The van der Waals surface area contributed by atoms with Crippen LogP contribution in [0.4, 0.5) is 11.4 Å². The number of carbonyl (C=O) groups is 3. The molecule has 1 aliphatic heterocycles. The van der Waals surface area contributed by atoms with E-state index in [9.17, 15) is 14.4 Å². The fraction of sp³-hybridized carbons (Fsp3) is 0.318. The van der Waals surface area contributed by atoms with Gasteiger partial charge in [-0.25, -0.2) is 0 Å². The van der Waals surface area contributed by atoms with Gasteiger partial charge in [-0.05, 0) is 55.0 Å². The van der Waals surface area contributed by atoms with Crippen molar-refractivity contribution in [3.05, 3.63) is 53.0 Å². The van der Waals surface area contributed by atoms with Gasteiger partial charge in [-0.3, -0.25) is 14.4 Å². The molecule has 1 unspecified atom stereocenters. The number of anilines is 2. The van der Waals surface area contributed by atoms with Gasteiger partial charge in [0.15, 0.2) is 6.61 Å². The summed E-state index contributed by atoms with van der Waals surface area (Å²) in [4.78, 5) is 38.2. The molecule has 1 fully saturated rings. The van der Waals surface area contributed by atoms with Crippen molar-refractivity contribution in [2.45, 2.75) is 19.8 Å². The van der Waals surface area contributed by atoms with Crippen LogP contribution in [0, 0.1) is 5.92 Å². The monoisotopic (exact) mass is 474 g/mol. The van der Waals surface area contributed by atoms with E-state index in [0.29, 0.717) is 18.0 Å². The second-order valence-electron chi connectivity index (χ2n) is 6.91. The third-order valence-electron chi connectivity index (χ3n) is 4.55. The Labute approximate surface area is 183 Å². The standard InChI is InChI=1S/C22H23BrN2O5/c1-2-11-29-19-9-7-18(8-10-19)25-13-15(12-21(25)27)22(28)30-14-20(26)24-17-5-3-16(23)4-6-17/h3-10,15H,2,11-14H2,1H3,(H,24,26). The molecule has 0 bridgehead atoms. The van der Waals surface area contributed by atoms with Crippen LogP contribution in [0.3, 0.4) is 0 Å². The predicted molar refractivity (Wildman–Crippen MR) is 116 cm³/mol. The average molecular weight is 475 g/mol. The lowest BCUT2D eigenvalue weighted by Crippen LogP contribution is -2.28. The number of nitrogens with zero attached hydrogens (tertiary/aromatic N) is 1.